The minimum absolute atomic E-state index is 0.382. The Balaban J connectivity index is 1.65. The van der Waals surface area contributed by atoms with Gasteiger partial charge in [0.2, 0.25) is 0 Å². The lowest BCUT2D eigenvalue weighted by atomic mass is 10.2. The highest BCUT2D eigenvalue weighted by Gasteiger charge is 2.27. The van der Waals surface area contributed by atoms with Gasteiger partial charge in [-0.1, -0.05) is 11.6 Å². The molecule has 1 saturated carbocycles. The zero-order valence-corrected chi connectivity index (χ0v) is 11.9. The number of anilines is 1. The quantitative estimate of drug-likeness (QED) is 0.786. The maximum atomic E-state index is 6.04. The van der Waals surface area contributed by atoms with Crippen LogP contribution in [0.15, 0.2) is 6.33 Å². The third-order valence-corrected chi connectivity index (χ3v) is 4.10. The van der Waals surface area contributed by atoms with E-state index in [0.717, 1.165) is 37.9 Å². The van der Waals surface area contributed by atoms with Crippen LogP contribution in [-0.4, -0.2) is 54.7 Å². The first-order chi connectivity index (χ1) is 9.28. The first-order valence-corrected chi connectivity index (χ1v) is 7.17. The largest absolute Gasteiger partial charge is 0.490 e. The van der Waals surface area contributed by atoms with Crippen LogP contribution in [0.1, 0.15) is 12.8 Å². The number of hydrogen-bond acceptors (Lipinski definition) is 5. The van der Waals surface area contributed by atoms with E-state index in [1.807, 2.05) is 0 Å². The normalized spacial score (nSPS) is 20.6. The molecule has 19 heavy (non-hydrogen) atoms. The van der Waals surface area contributed by atoms with Crippen LogP contribution in [0.2, 0.25) is 5.15 Å². The molecule has 1 saturated heterocycles. The molecular weight excluding hydrogens is 264 g/mol. The summed E-state index contributed by atoms with van der Waals surface area (Å²) in [5.41, 5.74) is 0. The average Bonchev–Trinajstić information content (AvgIpc) is 3.23. The van der Waals surface area contributed by atoms with Gasteiger partial charge in [0.15, 0.2) is 16.7 Å². The molecule has 0 amide bonds. The number of hydrogen-bond donors (Lipinski definition) is 0. The lowest BCUT2D eigenvalue weighted by Gasteiger charge is -2.35. The van der Waals surface area contributed by atoms with E-state index in [-0.39, 0.29) is 0 Å². The van der Waals surface area contributed by atoms with Crippen molar-refractivity contribution in [3.63, 3.8) is 0 Å². The fraction of sp³-hybridized carbons (Fsp3) is 0.692. The minimum Gasteiger partial charge on any atom is -0.490 e. The number of halogens is 1. The van der Waals surface area contributed by atoms with Gasteiger partial charge >= 0.3 is 0 Å². The van der Waals surface area contributed by atoms with Gasteiger partial charge in [-0.05, 0) is 18.8 Å². The van der Waals surface area contributed by atoms with Crippen LogP contribution >= 0.6 is 11.6 Å². The van der Waals surface area contributed by atoms with E-state index in [9.17, 15) is 0 Å². The van der Waals surface area contributed by atoms with E-state index in [2.05, 4.69) is 19.8 Å². The summed E-state index contributed by atoms with van der Waals surface area (Å²) >= 11 is 6.04. The zero-order chi connectivity index (χ0) is 13.2. The van der Waals surface area contributed by atoms with Gasteiger partial charge in [0.25, 0.3) is 0 Å². The number of methoxy groups -OCH3 is 1. The van der Waals surface area contributed by atoms with Crippen LogP contribution in [-0.2, 0) is 0 Å². The van der Waals surface area contributed by atoms with Crippen molar-refractivity contribution >= 4 is 17.4 Å². The topological polar surface area (TPSA) is 41.5 Å². The number of aromatic nitrogens is 2. The van der Waals surface area contributed by atoms with Crippen molar-refractivity contribution in [3.8, 4) is 5.75 Å². The summed E-state index contributed by atoms with van der Waals surface area (Å²) in [6.07, 6.45) is 4.32. The molecule has 1 aliphatic carbocycles. The third-order valence-electron chi connectivity index (χ3n) is 3.83. The van der Waals surface area contributed by atoms with E-state index >= 15 is 0 Å². The van der Waals surface area contributed by atoms with Crippen molar-refractivity contribution in [2.45, 2.75) is 12.8 Å². The van der Waals surface area contributed by atoms with Crippen LogP contribution < -0.4 is 9.64 Å². The Hall–Kier alpha value is -1.07. The van der Waals surface area contributed by atoms with E-state index in [0.29, 0.717) is 10.9 Å². The molecule has 0 aromatic carbocycles. The second-order valence-corrected chi connectivity index (χ2v) is 5.61. The van der Waals surface area contributed by atoms with Gasteiger partial charge in [0.05, 0.1) is 7.11 Å². The molecule has 2 aliphatic rings. The molecule has 0 N–H and O–H groups in total. The Morgan fingerprint density at radius 2 is 2.00 bits per heavy atom. The Morgan fingerprint density at radius 3 is 2.63 bits per heavy atom. The summed E-state index contributed by atoms with van der Waals surface area (Å²) in [6, 6.07) is 0. The van der Waals surface area contributed by atoms with Gasteiger partial charge in [0, 0.05) is 32.7 Å². The van der Waals surface area contributed by atoms with E-state index in [1.54, 1.807) is 7.11 Å². The maximum absolute atomic E-state index is 6.04. The second-order valence-electron chi connectivity index (χ2n) is 5.25. The molecule has 104 valence electrons. The molecule has 0 spiro atoms. The molecule has 0 radical (unpaired) electrons. The molecule has 1 aromatic heterocycles. The number of ether oxygens (including phenoxy) is 1. The molecule has 1 aromatic rings. The number of piperazine rings is 1. The number of rotatable bonds is 4. The van der Waals surface area contributed by atoms with Crippen LogP contribution in [0.3, 0.4) is 0 Å². The van der Waals surface area contributed by atoms with Crippen molar-refractivity contribution in [1.82, 2.24) is 14.9 Å². The van der Waals surface area contributed by atoms with E-state index in [4.69, 9.17) is 16.3 Å². The van der Waals surface area contributed by atoms with Crippen molar-refractivity contribution in [1.29, 1.82) is 0 Å². The molecule has 5 nitrogen and oxygen atoms in total. The van der Waals surface area contributed by atoms with Gasteiger partial charge in [-0.2, -0.15) is 0 Å². The summed E-state index contributed by atoms with van der Waals surface area (Å²) < 4.78 is 5.32. The highest BCUT2D eigenvalue weighted by Crippen LogP contribution is 2.33. The SMILES string of the molecule is COc1c(Cl)ncnc1N1CCN(CC2CC2)CC1. The third kappa shape index (κ3) is 2.92. The predicted molar refractivity (Wildman–Crippen MR) is 75.0 cm³/mol. The standard InChI is InChI=1S/C13H19ClN4O/c1-19-11-12(14)15-9-16-13(11)18-6-4-17(5-7-18)8-10-2-3-10/h9-10H,2-8H2,1H3. The molecule has 6 heteroatoms. The smallest absolute Gasteiger partial charge is 0.199 e. The van der Waals surface area contributed by atoms with Crippen molar-refractivity contribution in [3.05, 3.63) is 11.5 Å². The lowest BCUT2D eigenvalue weighted by Crippen LogP contribution is -2.47. The summed E-state index contributed by atoms with van der Waals surface area (Å²) in [5, 5.41) is 0.382. The molecule has 2 fully saturated rings. The van der Waals surface area contributed by atoms with E-state index < -0.39 is 0 Å². The van der Waals surface area contributed by atoms with Gasteiger partial charge < -0.3 is 9.64 Å². The molecule has 1 aliphatic heterocycles. The first kappa shape index (κ1) is 12.9. The fourth-order valence-electron chi connectivity index (χ4n) is 2.55. The monoisotopic (exact) mass is 282 g/mol. The molecule has 0 bridgehead atoms. The van der Waals surface area contributed by atoms with E-state index in [1.165, 1.54) is 25.7 Å². The molecule has 2 heterocycles. The highest BCUT2D eigenvalue weighted by molar-refractivity contribution is 6.31. The van der Waals surface area contributed by atoms with Gasteiger partial charge in [-0.3, -0.25) is 4.90 Å². The molecular formula is C13H19ClN4O. The summed E-state index contributed by atoms with van der Waals surface area (Å²) in [5.74, 6) is 2.35. The minimum atomic E-state index is 0.382. The van der Waals surface area contributed by atoms with Crippen LogP contribution in [0.4, 0.5) is 5.82 Å². The van der Waals surface area contributed by atoms with Crippen molar-refractivity contribution in [2.75, 3.05) is 44.7 Å². The highest BCUT2D eigenvalue weighted by atomic mass is 35.5. The van der Waals surface area contributed by atoms with Crippen LogP contribution in [0.25, 0.3) is 0 Å². The molecule has 0 atom stereocenters. The second kappa shape index (κ2) is 5.51. The lowest BCUT2D eigenvalue weighted by molar-refractivity contribution is 0.247. The van der Waals surface area contributed by atoms with Crippen LogP contribution in [0.5, 0.6) is 5.75 Å². The Morgan fingerprint density at radius 1 is 1.26 bits per heavy atom. The van der Waals surface area contributed by atoms with Gasteiger partial charge in [0.1, 0.15) is 6.33 Å². The van der Waals surface area contributed by atoms with Crippen molar-refractivity contribution < 1.29 is 4.74 Å². The summed E-state index contributed by atoms with van der Waals surface area (Å²) in [6.45, 7) is 5.37. The Labute approximate surface area is 118 Å². The number of nitrogens with zero attached hydrogens (tertiary/aromatic N) is 4. The summed E-state index contributed by atoms with van der Waals surface area (Å²) in [4.78, 5) is 13.1. The average molecular weight is 283 g/mol. The first-order valence-electron chi connectivity index (χ1n) is 6.79. The molecule has 0 unspecified atom stereocenters. The van der Waals surface area contributed by atoms with Crippen LogP contribution in [0, 0.1) is 5.92 Å². The Kier molecular flexibility index (Phi) is 3.75. The predicted octanol–water partition coefficient (Wildman–Crippen LogP) is 1.67. The molecule has 3 rings (SSSR count). The maximum Gasteiger partial charge on any atom is 0.199 e. The zero-order valence-electron chi connectivity index (χ0n) is 11.2. The van der Waals surface area contributed by atoms with Gasteiger partial charge in [-0.15, -0.1) is 0 Å². The van der Waals surface area contributed by atoms with Crippen molar-refractivity contribution in [2.24, 2.45) is 5.92 Å². The fourth-order valence-corrected chi connectivity index (χ4v) is 2.76. The Bertz CT molecular complexity index is 444. The van der Waals surface area contributed by atoms with Gasteiger partial charge in [-0.25, -0.2) is 9.97 Å². The summed E-state index contributed by atoms with van der Waals surface area (Å²) in [7, 11) is 1.61.